The van der Waals surface area contributed by atoms with E-state index in [1.165, 1.54) is 44.6 Å². The summed E-state index contributed by atoms with van der Waals surface area (Å²) in [6.07, 6.45) is 4.14. The number of methoxy groups -OCH3 is 1. The van der Waals surface area contributed by atoms with Crippen molar-refractivity contribution in [3.05, 3.63) is 24.3 Å². The molecule has 0 atom stereocenters. The quantitative estimate of drug-likeness (QED) is 0.842. The molecule has 2 aliphatic rings. The highest BCUT2D eigenvalue weighted by Gasteiger charge is 2.37. The summed E-state index contributed by atoms with van der Waals surface area (Å²) in [6, 6.07) is 8.42. The van der Waals surface area contributed by atoms with E-state index in [9.17, 15) is 0 Å². The lowest BCUT2D eigenvalue weighted by Gasteiger charge is -2.46. The molecular weight excluding hydrogens is 280 g/mol. The lowest BCUT2D eigenvalue weighted by Crippen LogP contribution is -2.52. The van der Waals surface area contributed by atoms with Crippen LogP contribution in [0.15, 0.2) is 24.3 Å². The van der Waals surface area contributed by atoms with Gasteiger partial charge in [0.05, 0.1) is 7.11 Å². The highest BCUT2D eigenvalue weighted by atomic mass is 32.1. The van der Waals surface area contributed by atoms with E-state index in [0.717, 1.165) is 24.6 Å². The summed E-state index contributed by atoms with van der Waals surface area (Å²) in [5.74, 6) is 1.98. The number of rotatable bonds is 5. The van der Waals surface area contributed by atoms with Gasteiger partial charge >= 0.3 is 0 Å². The normalized spacial score (nSPS) is 21.9. The molecule has 0 radical (unpaired) electrons. The van der Waals surface area contributed by atoms with E-state index in [-0.39, 0.29) is 0 Å². The van der Waals surface area contributed by atoms with Crippen LogP contribution in [-0.4, -0.2) is 50.5 Å². The van der Waals surface area contributed by atoms with Crippen LogP contribution in [0.25, 0.3) is 0 Å². The molecule has 116 valence electrons. The van der Waals surface area contributed by atoms with Crippen molar-refractivity contribution < 1.29 is 4.74 Å². The molecule has 1 heterocycles. The highest BCUT2D eigenvalue weighted by Crippen LogP contribution is 2.42. The van der Waals surface area contributed by atoms with Gasteiger partial charge < -0.3 is 9.64 Å². The van der Waals surface area contributed by atoms with E-state index in [1.807, 2.05) is 12.1 Å². The third-order valence-corrected chi connectivity index (χ3v) is 5.79. The summed E-state index contributed by atoms with van der Waals surface area (Å²) in [5.41, 5.74) is 1.83. The third kappa shape index (κ3) is 3.32. The number of ether oxygens (including phenoxy) is 1. The summed E-state index contributed by atoms with van der Waals surface area (Å²) in [5, 5.41) is 0. The maximum Gasteiger partial charge on any atom is 0.119 e. The third-order valence-electron chi connectivity index (χ3n) is 5.12. The maximum atomic E-state index is 5.23. The van der Waals surface area contributed by atoms with Crippen molar-refractivity contribution in [3.8, 4) is 5.75 Å². The molecule has 0 N–H and O–H groups in total. The fraction of sp³-hybridized carbons (Fsp3) is 0.647. The fourth-order valence-electron chi connectivity index (χ4n) is 3.47. The van der Waals surface area contributed by atoms with E-state index >= 15 is 0 Å². The number of nitrogens with zero attached hydrogens (tertiary/aromatic N) is 2. The van der Waals surface area contributed by atoms with E-state index in [4.69, 9.17) is 4.74 Å². The van der Waals surface area contributed by atoms with E-state index < -0.39 is 0 Å². The van der Waals surface area contributed by atoms with Gasteiger partial charge in [-0.1, -0.05) is 6.42 Å². The van der Waals surface area contributed by atoms with Crippen LogP contribution in [0.4, 0.5) is 5.69 Å². The first-order valence-corrected chi connectivity index (χ1v) is 8.60. The van der Waals surface area contributed by atoms with Crippen LogP contribution in [0.1, 0.15) is 19.3 Å². The Labute approximate surface area is 133 Å². The minimum Gasteiger partial charge on any atom is -0.497 e. The van der Waals surface area contributed by atoms with Crippen LogP contribution in [0.3, 0.4) is 0 Å². The molecule has 1 aromatic carbocycles. The van der Waals surface area contributed by atoms with Gasteiger partial charge in [0.15, 0.2) is 0 Å². The van der Waals surface area contributed by atoms with Gasteiger partial charge in [0.25, 0.3) is 0 Å². The van der Waals surface area contributed by atoms with Crippen LogP contribution < -0.4 is 9.64 Å². The molecule has 0 spiro atoms. The summed E-state index contributed by atoms with van der Waals surface area (Å²) < 4.78 is 5.23. The van der Waals surface area contributed by atoms with Crippen molar-refractivity contribution in [1.29, 1.82) is 0 Å². The Morgan fingerprint density at radius 3 is 2.24 bits per heavy atom. The minimum absolute atomic E-state index is 0.519. The molecule has 1 saturated heterocycles. The molecule has 1 saturated carbocycles. The Morgan fingerprint density at radius 2 is 1.76 bits per heavy atom. The first-order valence-electron chi connectivity index (χ1n) is 7.97. The predicted molar refractivity (Wildman–Crippen MR) is 91.8 cm³/mol. The highest BCUT2D eigenvalue weighted by molar-refractivity contribution is 7.80. The number of anilines is 1. The summed E-state index contributed by atoms with van der Waals surface area (Å²) in [7, 11) is 1.71. The average Bonchev–Trinajstić information content (AvgIpc) is 2.52. The summed E-state index contributed by atoms with van der Waals surface area (Å²) in [4.78, 5) is 5.11. The van der Waals surface area contributed by atoms with Crippen LogP contribution in [0.2, 0.25) is 0 Å². The Kier molecular flexibility index (Phi) is 4.65. The monoisotopic (exact) mass is 306 g/mol. The number of benzene rings is 1. The Bertz CT molecular complexity index is 445. The van der Waals surface area contributed by atoms with Gasteiger partial charge in [0.2, 0.25) is 0 Å². The second-order valence-corrected chi connectivity index (χ2v) is 6.79. The Morgan fingerprint density at radius 1 is 1.10 bits per heavy atom. The standard InChI is InChI=1S/C17H26N2OS/c1-20-16-5-3-15(4-6-16)19-11-9-18(10-12-19)13-17(14-21)7-2-8-17/h3-6,21H,2,7-14H2,1H3. The molecular formula is C17H26N2OS. The largest absolute Gasteiger partial charge is 0.497 e. The summed E-state index contributed by atoms with van der Waals surface area (Å²) in [6.45, 7) is 5.82. The molecule has 1 aliphatic heterocycles. The average molecular weight is 306 g/mol. The number of hydrogen-bond acceptors (Lipinski definition) is 4. The fourth-order valence-corrected chi connectivity index (χ4v) is 3.89. The van der Waals surface area contributed by atoms with Crippen LogP contribution in [-0.2, 0) is 0 Å². The predicted octanol–water partition coefficient (Wildman–Crippen LogP) is 2.92. The summed E-state index contributed by atoms with van der Waals surface area (Å²) >= 11 is 4.58. The SMILES string of the molecule is COc1ccc(N2CCN(CC3(CS)CCC3)CC2)cc1. The molecule has 1 aliphatic carbocycles. The van der Waals surface area contributed by atoms with E-state index in [0.29, 0.717) is 5.41 Å². The maximum absolute atomic E-state index is 5.23. The van der Waals surface area contributed by atoms with Gasteiger partial charge in [0.1, 0.15) is 5.75 Å². The van der Waals surface area contributed by atoms with Crippen molar-refractivity contribution in [2.45, 2.75) is 19.3 Å². The number of hydrogen-bond donors (Lipinski definition) is 1. The minimum atomic E-state index is 0.519. The van der Waals surface area contributed by atoms with Gasteiger partial charge in [-0.15, -0.1) is 0 Å². The second kappa shape index (κ2) is 6.49. The lowest BCUT2D eigenvalue weighted by molar-refractivity contribution is 0.0869. The van der Waals surface area contributed by atoms with Crippen molar-refractivity contribution in [1.82, 2.24) is 4.90 Å². The number of thiol groups is 1. The van der Waals surface area contributed by atoms with Gasteiger partial charge in [-0.2, -0.15) is 12.6 Å². The van der Waals surface area contributed by atoms with Crippen LogP contribution >= 0.6 is 12.6 Å². The van der Waals surface area contributed by atoms with E-state index in [1.54, 1.807) is 7.11 Å². The zero-order valence-electron chi connectivity index (χ0n) is 12.9. The molecule has 0 amide bonds. The lowest BCUT2D eigenvalue weighted by atomic mass is 9.70. The molecule has 3 rings (SSSR count). The van der Waals surface area contributed by atoms with Crippen molar-refractivity contribution >= 4 is 18.3 Å². The Balaban J connectivity index is 1.52. The van der Waals surface area contributed by atoms with Crippen LogP contribution in [0.5, 0.6) is 5.75 Å². The molecule has 0 bridgehead atoms. The molecule has 21 heavy (non-hydrogen) atoms. The van der Waals surface area contributed by atoms with Crippen LogP contribution in [0, 0.1) is 5.41 Å². The topological polar surface area (TPSA) is 15.7 Å². The number of piperazine rings is 1. The van der Waals surface area contributed by atoms with Crippen molar-refractivity contribution in [3.63, 3.8) is 0 Å². The smallest absolute Gasteiger partial charge is 0.119 e. The Hall–Kier alpha value is -0.870. The van der Waals surface area contributed by atoms with Gasteiger partial charge in [-0.05, 0) is 48.3 Å². The zero-order chi connectivity index (χ0) is 14.7. The zero-order valence-corrected chi connectivity index (χ0v) is 13.8. The van der Waals surface area contributed by atoms with Crippen molar-refractivity contribution in [2.75, 3.05) is 50.5 Å². The van der Waals surface area contributed by atoms with Crippen molar-refractivity contribution in [2.24, 2.45) is 5.41 Å². The van der Waals surface area contributed by atoms with E-state index in [2.05, 4.69) is 34.6 Å². The first-order chi connectivity index (χ1) is 10.2. The van der Waals surface area contributed by atoms with Gasteiger partial charge in [-0.25, -0.2) is 0 Å². The van der Waals surface area contributed by atoms with Gasteiger partial charge in [0, 0.05) is 38.4 Å². The molecule has 0 aromatic heterocycles. The van der Waals surface area contributed by atoms with Gasteiger partial charge in [-0.3, -0.25) is 4.90 Å². The molecule has 0 unspecified atom stereocenters. The molecule has 4 heteroatoms. The second-order valence-electron chi connectivity index (χ2n) is 6.47. The molecule has 1 aromatic rings. The first kappa shape index (κ1) is 15.0. The molecule has 2 fully saturated rings. The molecule has 3 nitrogen and oxygen atoms in total.